The number of halogens is 1. The molecular formula is C24H32ClN5O9S2. The largest absolute Gasteiger partial charge is 0.445 e. The molecule has 3 amide bonds. The number of nitrogens with two attached hydrogens (primary N) is 2. The molecule has 1 saturated heterocycles. The Labute approximate surface area is 251 Å². The third-order valence-electron chi connectivity index (χ3n) is 5.70. The number of carbonyl (C=O) groups is 5. The number of ether oxygens (including phenoxy) is 3. The third kappa shape index (κ3) is 8.00. The summed E-state index contributed by atoms with van der Waals surface area (Å²) in [4.78, 5) is 68.2. The van der Waals surface area contributed by atoms with Crippen LogP contribution in [0.4, 0.5) is 9.93 Å². The van der Waals surface area contributed by atoms with E-state index in [0.717, 1.165) is 4.90 Å². The van der Waals surface area contributed by atoms with Crippen molar-refractivity contribution in [2.45, 2.75) is 52.6 Å². The van der Waals surface area contributed by atoms with E-state index in [0.29, 0.717) is 17.0 Å². The number of nitrogens with one attached hydrogen (secondary N) is 1. The molecule has 17 heteroatoms. The second kappa shape index (κ2) is 14.3. The highest BCUT2D eigenvalue weighted by Gasteiger charge is 2.56. The van der Waals surface area contributed by atoms with E-state index >= 15 is 0 Å². The first kappa shape index (κ1) is 35.4. The molecule has 2 atom stereocenters. The first-order valence-electron chi connectivity index (χ1n) is 11.8. The summed E-state index contributed by atoms with van der Waals surface area (Å²) in [5, 5.41) is 4.59. The Balaban J connectivity index is 0.00000420. The number of anilines is 1. The highest BCUT2D eigenvalue weighted by molar-refractivity contribution is 7.80. The Bertz CT molecular complexity index is 1290. The zero-order valence-electron chi connectivity index (χ0n) is 22.7. The van der Waals surface area contributed by atoms with E-state index in [9.17, 15) is 24.0 Å². The number of amides is 3. The molecule has 2 aliphatic heterocycles. The monoisotopic (exact) mass is 633 g/mol. The van der Waals surface area contributed by atoms with Crippen LogP contribution in [-0.2, 0) is 33.4 Å². The van der Waals surface area contributed by atoms with Gasteiger partial charge in [0, 0.05) is 22.2 Å². The van der Waals surface area contributed by atoms with Gasteiger partial charge in [-0.1, -0.05) is 25.2 Å². The number of esters is 2. The van der Waals surface area contributed by atoms with E-state index in [1.165, 1.54) is 11.3 Å². The number of β-lactam (4-membered cyclic amide) rings is 1. The molecule has 0 aliphatic carbocycles. The predicted octanol–water partition coefficient (Wildman–Crippen LogP) is 1.02. The highest BCUT2D eigenvalue weighted by atomic mass is 35.5. The summed E-state index contributed by atoms with van der Waals surface area (Å²) in [6, 6.07) is -1.92. The molecular weight excluding hydrogens is 602 g/mol. The van der Waals surface area contributed by atoms with Crippen molar-refractivity contribution in [3.8, 4) is 0 Å². The Morgan fingerprint density at radius 3 is 2.44 bits per heavy atom. The van der Waals surface area contributed by atoms with Crippen LogP contribution < -0.4 is 16.8 Å². The minimum absolute atomic E-state index is 0. The first-order valence-corrected chi connectivity index (χ1v) is 13.1. The number of hydrogen-bond donors (Lipinski definition) is 3. The first-order chi connectivity index (χ1) is 18.3. The number of nitrogen functional groups attached to an aromatic ring is 1. The van der Waals surface area contributed by atoms with Gasteiger partial charge in [-0.05, 0) is 27.2 Å². The quantitative estimate of drug-likeness (QED) is 0.114. The zero-order chi connectivity index (χ0) is 29.1. The van der Waals surface area contributed by atoms with Crippen LogP contribution in [0.15, 0.2) is 22.7 Å². The van der Waals surface area contributed by atoms with Crippen LogP contribution in [0.3, 0.4) is 0 Å². The standard InChI is InChI=1S/C24H29N5O8S2.ClH.H2O/c1-5-6-12(13-9-39-22(25)27-13)18(30)28-15-17-14(38)7-11(8-35-23(26)34)16(29(17)19(15)31)20(32)36-10-37-21(33)24(2,3)4;;/h6,9,15,17H,5,7-8,10H2,1-4H3,(H2,25,27)(H2,26,34)(H,28,30);1H;1H2/b12-6-;;/t15-,17+;;/m1../s1. The average molecular weight is 634 g/mol. The lowest BCUT2D eigenvalue weighted by Gasteiger charge is -2.50. The average Bonchev–Trinajstić information content (AvgIpc) is 3.28. The Morgan fingerprint density at radius 2 is 1.90 bits per heavy atom. The number of hydrogen-bond acceptors (Lipinski definition) is 12. The van der Waals surface area contributed by atoms with Gasteiger partial charge >= 0.3 is 18.0 Å². The van der Waals surface area contributed by atoms with Crippen molar-refractivity contribution in [2.75, 3.05) is 19.1 Å². The molecule has 14 nitrogen and oxygen atoms in total. The van der Waals surface area contributed by atoms with Crippen molar-refractivity contribution in [1.82, 2.24) is 15.2 Å². The fourth-order valence-corrected chi connectivity index (χ4v) is 4.85. The lowest BCUT2D eigenvalue weighted by molar-refractivity contribution is -0.173. The second-order valence-corrected chi connectivity index (χ2v) is 11.0. The van der Waals surface area contributed by atoms with E-state index < -0.39 is 60.7 Å². The van der Waals surface area contributed by atoms with Gasteiger partial charge in [-0.2, -0.15) is 0 Å². The fraction of sp³-hybridized carbons (Fsp3) is 0.458. The Morgan fingerprint density at radius 1 is 1.24 bits per heavy atom. The van der Waals surface area contributed by atoms with E-state index in [1.807, 2.05) is 6.92 Å². The molecule has 2 aliphatic rings. The number of thiazole rings is 1. The molecule has 0 saturated carbocycles. The van der Waals surface area contributed by atoms with Gasteiger partial charge in [-0.3, -0.25) is 19.3 Å². The number of thiocarbonyl (C=S) groups is 1. The van der Waals surface area contributed by atoms with Gasteiger partial charge < -0.3 is 36.5 Å². The minimum atomic E-state index is -1.10. The molecule has 0 radical (unpaired) electrons. The molecule has 0 bridgehead atoms. The van der Waals surface area contributed by atoms with Crippen LogP contribution in [0.2, 0.25) is 0 Å². The number of carbonyl (C=O) groups excluding carboxylic acids is 5. The summed E-state index contributed by atoms with van der Waals surface area (Å²) in [6.45, 7) is 5.59. The van der Waals surface area contributed by atoms with Gasteiger partial charge in [0.2, 0.25) is 6.79 Å². The third-order valence-corrected chi connectivity index (χ3v) is 6.76. The highest BCUT2D eigenvalue weighted by Crippen LogP contribution is 2.36. The molecule has 0 unspecified atom stereocenters. The van der Waals surface area contributed by atoms with Crippen molar-refractivity contribution in [1.29, 1.82) is 0 Å². The van der Waals surface area contributed by atoms with E-state index in [4.69, 9.17) is 37.9 Å². The molecule has 41 heavy (non-hydrogen) atoms. The van der Waals surface area contributed by atoms with Gasteiger partial charge in [0.05, 0.1) is 22.7 Å². The number of rotatable bonds is 9. The van der Waals surface area contributed by atoms with Crippen molar-refractivity contribution < 1.29 is 43.7 Å². The van der Waals surface area contributed by atoms with Crippen molar-refractivity contribution in [3.05, 3.63) is 28.4 Å². The molecule has 1 aromatic heterocycles. The van der Waals surface area contributed by atoms with Gasteiger partial charge in [-0.25, -0.2) is 14.6 Å². The van der Waals surface area contributed by atoms with Crippen LogP contribution in [0.25, 0.3) is 5.57 Å². The smallest absolute Gasteiger partial charge is 0.404 e. The van der Waals surface area contributed by atoms with Crippen LogP contribution in [-0.4, -0.2) is 75.6 Å². The van der Waals surface area contributed by atoms with Crippen molar-refractivity contribution in [2.24, 2.45) is 11.1 Å². The van der Waals surface area contributed by atoms with Crippen LogP contribution in [0.5, 0.6) is 0 Å². The number of allylic oxidation sites excluding steroid dienone is 1. The second-order valence-electron chi connectivity index (χ2n) is 9.64. The van der Waals surface area contributed by atoms with E-state index in [2.05, 4.69) is 10.3 Å². The number of nitrogens with zero attached hydrogens (tertiary/aromatic N) is 2. The summed E-state index contributed by atoms with van der Waals surface area (Å²) in [5.41, 5.74) is 10.5. The number of fused-ring (bicyclic) bond motifs is 1. The van der Waals surface area contributed by atoms with Gasteiger partial charge in [0.15, 0.2) is 5.13 Å². The normalized spacial score (nSPS) is 18.2. The maximum absolute atomic E-state index is 13.2. The summed E-state index contributed by atoms with van der Waals surface area (Å²) < 4.78 is 14.9. The minimum Gasteiger partial charge on any atom is -0.445 e. The van der Waals surface area contributed by atoms with E-state index in [1.54, 1.807) is 32.2 Å². The van der Waals surface area contributed by atoms with Gasteiger partial charge in [-0.15, -0.1) is 23.7 Å². The summed E-state index contributed by atoms with van der Waals surface area (Å²) in [7, 11) is 0. The van der Waals surface area contributed by atoms with Crippen LogP contribution in [0.1, 0.15) is 46.2 Å². The van der Waals surface area contributed by atoms with Gasteiger partial charge in [0.25, 0.3) is 11.8 Å². The molecule has 7 N–H and O–H groups in total. The number of aromatic nitrogens is 1. The molecule has 0 aromatic carbocycles. The number of primary amides is 1. The van der Waals surface area contributed by atoms with E-state index in [-0.39, 0.29) is 46.3 Å². The zero-order valence-corrected chi connectivity index (χ0v) is 25.1. The lowest BCUT2D eigenvalue weighted by atomic mass is 9.83. The topological polar surface area (TPSA) is 225 Å². The molecule has 226 valence electrons. The predicted molar refractivity (Wildman–Crippen MR) is 155 cm³/mol. The lowest BCUT2D eigenvalue weighted by Crippen LogP contribution is -2.74. The van der Waals surface area contributed by atoms with Crippen LogP contribution in [0, 0.1) is 5.41 Å². The summed E-state index contributed by atoms with van der Waals surface area (Å²) in [6.07, 6.45) is 1.07. The molecule has 3 heterocycles. The maximum atomic E-state index is 13.2. The fourth-order valence-electron chi connectivity index (χ4n) is 3.87. The van der Waals surface area contributed by atoms with Gasteiger partial charge in [0.1, 0.15) is 18.3 Å². The molecule has 0 spiro atoms. The van der Waals surface area contributed by atoms with Crippen LogP contribution >= 0.6 is 36.0 Å². The summed E-state index contributed by atoms with van der Waals surface area (Å²) in [5.74, 6) is -2.81. The molecule has 1 fully saturated rings. The SMILES string of the molecule is CC/C=C(\C(=O)N[C@H]1C(=O)N2C(C(=O)OCOC(=O)C(C)(C)C)=C(COC(N)=O)CC(=S)[C@@H]12)c1csc(N)n1.Cl.O. The van der Waals surface area contributed by atoms with Crippen molar-refractivity contribution in [3.63, 3.8) is 0 Å². The maximum Gasteiger partial charge on any atom is 0.404 e. The summed E-state index contributed by atoms with van der Waals surface area (Å²) >= 11 is 6.67. The Hall–Kier alpha value is -3.60. The Kier molecular flexibility index (Phi) is 12.4. The molecule has 1 aromatic rings. The molecule has 3 rings (SSSR count). The van der Waals surface area contributed by atoms with Crippen molar-refractivity contribution >= 4 is 81.4 Å².